The van der Waals surface area contributed by atoms with Gasteiger partial charge >= 0.3 is 0 Å². The number of carbonyl (C=O) groups is 1. The summed E-state index contributed by atoms with van der Waals surface area (Å²) in [6.45, 7) is 3.43. The van der Waals surface area contributed by atoms with Crippen LogP contribution in [0.2, 0.25) is 0 Å². The van der Waals surface area contributed by atoms with Gasteiger partial charge in [-0.1, -0.05) is 31.2 Å². The highest BCUT2D eigenvalue weighted by molar-refractivity contribution is 7.10. The maximum Gasteiger partial charge on any atom is 0.228 e. The van der Waals surface area contributed by atoms with Crippen LogP contribution in [0.25, 0.3) is 0 Å². The monoisotopic (exact) mass is 288 g/mol. The second kappa shape index (κ2) is 7.10. The largest absolute Gasteiger partial charge is 0.398 e. The Kier molecular flexibility index (Phi) is 5.18. The zero-order valence-corrected chi connectivity index (χ0v) is 12.5. The molecule has 2 N–H and O–H groups in total. The Labute approximate surface area is 124 Å². The van der Waals surface area contributed by atoms with E-state index in [4.69, 9.17) is 5.73 Å². The van der Waals surface area contributed by atoms with Crippen LogP contribution < -0.4 is 5.73 Å². The molecule has 0 fully saturated rings. The molecule has 1 aromatic heterocycles. The quantitative estimate of drug-likeness (QED) is 0.829. The molecular formula is C16H20N2OS. The van der Waals surface area contributed by atoms with Gasteiger partial charge in [0, 0.05) is 23.7 Å². The van der Waals surface area contributed by atoms with E-state index in [0.717, 1.165) is 29.1 Å². The molecule has 0 unspecified atom stereocenters. The van der Waals surface area contributed by atoms with Crippen LogP contribution in [-0.4, -0.2) is 17.4 Å². The molecule has 2 rings (SSSR count). The summed E-state index contributed by atoms with van der Waals surface area (Å²) in [5, 5.41) is 2.00. The second-order valence-corrected chi connectivity index (χ2v) is 5.80. The molecule has 0 aliphatic rings. The van der Waals surface area contributed by atoms with Gasteiger partial charge < -0.3 is 10.6 Å². The lowest BCUT2D eigenvalue weighted by Gasteiger charge is -2.23. The fraction of sp³-hybridized carbons (Fsp3) is 0.312. The number of nitrogens with two attached hydrogens (primary N) is 1. The van der Waals surface area contributed by atoms with Crippen molar-refractivity contribution >= 4 is 22.9 Å². The van der Waals surface area contributed by atoms with Gasteiger partial charge in [0.05, 0.1) is 6.42 Å². The maximum absolute atomic E-state index is 12.4. The van der Waals surface area contributed by atoms with E-state index in [1.54, 1.807) is 11.3 Å². The summed E-state index contributed by atoms with van der Waals surface area (Å²) >= 11 is 1.62. The fourth-order valence-corrected chi connectivity index (χ4v) is 2.82. The minimum absolute atomic E-state index is 0.164. The molecule has 0 atom stereocenters. The van der Waals surface area contributed by atoms with Crippen LogP contribution in [0.1, 0.15) is 23.8 Å². The number of anilines is 1. The van der Waals surface area contributed by atoms with Crippen molar-refractivity contribution in [3.8, 4) is 0 Å². The van der Waals surface area contributed by atoms with Crippen molar-refractivity contribution in [1.29, 1.82) is 0 Å². The van der Waals surface area contributed by atoms with Crippen molar-refractivity contribution < 1.29 is 4.79 Å². The molecule has 0 bridgehead atoms. The van der Waals surface area contributed by atoms with Gasteiger partial charge in [-0.05, 0) is 29.5 Å². The Morgan fingerprint density at radius 2 is 2.05 bits per heavy atom. The van der Waals surface area contributed by atoms with Crippen molar-refractivity contribution in [2.45, 2.75) is 26.3 Å². The Morgan fingerprint density at radius 1 is 1.25 bits per heavy atom. The molecule has 20 heavy (non-hydrogen) atoms. The number of thiophene rings is 1. The Morgan fingerprint density at radius 3 is 2.70 bits per heavy atom. The summed E-state index contributed by atoms with van der Waals surface area (Å²) in [7, 11) is 0. The molecule has 2 aromatic rings. The van der Waals surface area contributed by atoms with Gasteiger partial charge in [0.15, 0.2) is 0 Å². The molecule has 0 aliphatic heterocycles. The van der Waals surface area contributed by atoms with Crippen LogP contribution >= 0.6 is 11.3 Å². The first-order valence-electron chi connectivity index (χ1n) is 6.84. The highest BCUT2D eigenvalue weighted by Gasteiger charge is 2.15. The SMILES string of the molecule is CCCN(Cc1ccccc1N)C(=O)Cc1cccs1. The van der Waals surface area contributed by atoms with Crippen LogP contribution in [0.3, 0.4) is 0 Å². The normalized spacial score (nSPS) is 10.4. The van der Waals surface area contributed by atoms with Crippen molar-refractivity contribution in [2.75, 3.05) is 12.3 Å². The average molecular weight is 288 g/mol. The third-order valence-electron chi connectivity index (χ3n) is 3.17. The molecule has 3 nitrogen and oxygen atoms in total. The summed E-state index contributed by atoms with van der Waals surface area (Å²) in [5.74, 6) is 0.164. The Bertz CT molecular complexity index is 551. The summed E-state index contributed by atoms with van der Waals surface area (Å²) in [6, 6.07) is 11.7. The predicted molar refractivity (Wildman–Crippen MR) is 84.6 cm³/mol. The van der Waals surface area contributed by atoms with Crippen molar-refractivity contribution in [3.63, 3.8) is 0 Å². The third kappa shape index (κ3) is 3.84. The van der Waals surface area contributed by atoms with E-state index < -0.39 is 0 Å². The first kappa shape index (κ1) is 14.6. The molecule has 4 heteroatoms. The predicted octanol–water partition coefficient (Wildman–Crippen LogP) is 3.31. The number of hydrogen-bond acceptors (Lipinski definition) is 3. The number of nitrogens with zero attached hydrogens (tertiary/aromatic N) is 1. The van der Waals surface area contributed by atoms with Gasteiger partial charge in [-0.2, -0.15) is 0 Å². The number of para-hydroxylation sites is 1. The van der Waals surface area contributed by atoms with Crippen LogP contribution in [-0.2, 0) is 17.8 Å². The zero-order chi connectivity index (χ0) is 14.4. The van der Waals surface area contributed by atoms with Crippen LogP contribution in [0, 0.1) is 0 Å². The number of carbonyl (C=O) groups excluding carboxylic acids is 1. The van der Waals surface area contributed by atoms with Crippen LogP contribution in [0.4, 0.5) is 5.69 Å². The first-order valence-corrected chi connectivity index (χ1v) is 7.72. The fourth-order valence-electron chi connectivity index (χ4n) is 2.12. The van der Waals surface area contributed by atoms with Crippen LogP contribution in [0.15, 0.2) is 41.8 Å². The standard InChI is InChI=1S/C16H20N2OS/c1-2-9-18(12-13-6-3-4-8-15(13)17)16(19)11-14-7-5-10-20-14/h3-8,10H,2,9,11-12,17H2,1H3. The van der Waals surface area contributed by atoms with Crippen LogP contribution in [0.5, 0.6) is 0 Å². The smallest absolute Gasteiger partial charge is 0.228 e. The number of nitrogen functional groups attached to an aromatic ring is 1. The van der Waals surface area contributed by atoms with Gasteiger partial charge in [0.1, 0.15) is 0 Å². The highest BCUT2D eigenvalue weighted by atomic mass is 32.1. The molecule has 1 amide bonds. The summed E-state index contributed by atoms with van der Waals surface area (Å²) in [4.78, 5) is 15.4. The Hall–Kier alpha value is -1.81. The first-order chi connectivity index (χ1) is 9.70. The van der Waals surface area contributed by atoms with E-state index in [1.165, 1.54) is 0 Å². The van der Waals surface area contributed by atoms with Gasteiger partial charge in [0.25, 0.3) is 0 Å². The van der Waals surface area contributed by atoms with E-state index in [2.05, 4.69) is 6.92 Å². The minimum Gasteiger partial charge on any atom is -0.398 e. The number of amides is 1. The van der Waals surface area contributed by atoms with E-state index in [1.807, 2.05) is 46.7 Å². The molecule has 0 spiro atoms. The third-order valence-corrected chi connectivity index (χ3v) is 4.04. The molecule has 106 valence electrons. The van der Waals surface area contributed by atoms with Gasteiger partial charge in [-0.25, -0.2) is 0 Å². The maximum atomic E-state index is 12.4. The molecule has 1 heterocycles. The van der Waals surface area contributed by atoms with E-state index in [-0.39, 0.29) is 5.91 Å². The van der Waals surface area contributed by atoms with Gasteiger partial charge in [0.2, 0.25) is 5.91 Å². The molecule has 0 saturated heterocycles. The van der Waals surface area contributed by atoms with Gasteiger partial charge in [-0.15, -0.1) is 11.3 Å². The lowest BCUT2D eigenvalue weighted by Crippen LogP contribution is -2.32. The molecule has 1 aromatic carbocycles. The summed E-state index contributed by atoms with van der Waals surface area (Å²) in [6.07, 6.45) is 1.42. The number of rotatable bonds is 6. The molecule has 0 radical (unpaired) electrons. The molecular weight excluding hydrogens is 268 g/mol. The Balaban J connectivity index is 2.06. The van der Waals surface area contributed by atoms with Crippen molar-refractivity contribution in [2.24, 2.45) is 0 Å². The van der Waals surface area contributed by atoms with Crippen molar-refractivity contribution in [3.05, 3.63) is 52.2 Å². The number of benzene rings is 1. The molecule has 0 aliphatic carbocycles. The average Bonchev–Trinajstić information content (AvgIpc) is 2.93. The van der Waals surface area contributed by atoms with E-state index in [9.17, 15) is 4.79 Å². The second-order valence-electron chi connectivity index (χ2n) is 4.77. The van der Waals surface area contributed by atoms with Crippen molar-refractivity contribution in [1.82, 2.24) is 4.90 Å². The zero-order valence-electron chi connectivity index (χ0n) is 11.7. The highest BCUT2D eigenvalue weighted by Crippen LogP contribution is 2.16. The topological polar surface area (TPSA) is 46.3 Å². The van der Waals surface area contributed by atoms with Gasteiger partial charge in [-0.3, -0.25) is 4.79 Å². The minimum atomic E-state index is 0.164. The molecule has 0 saturated carbocycles. The lowest BCUT2D eigenvalue weighted by atomic mass is 10.1. The summed E-state index contributed by atoms with van der Waals surface area (Å²) < 4.78 is 0. The van der Waals surface area contributed by atoms with E-state index >= 15 is 0 Å². The lowest BCUT2D eigenvalue weighted by molar-refractivity contribution is -0.131. The van der Waals surface area contributed by atoms with E-state index in [0.29, 0.717) is 13.0 Å². The number of hydrogen-bond donors (Lipinski definition) is 1. The summed E-state index contributed by atoms with van der Waals surface area (Å²) in [5.41, 5.74) is 7.73.